The Bertz CT molecular complexity index is 608. The Kier molecular flexibility index (Phi) is 2.39. The molecule has 2 aromatic rings. The molecule has 0 aliphatic rings. The first-order valence-electron chi connectivity index (χ1n) is 4.19. The van der Waals surface area contributed by atoms with Crippen LogP contribution in [0, 0.1) is 0 Å². The standard InChI is InChI=1S/C8H4ClF2N3O3/c9-8(10,11)7-13-5-4(14(7)17)3(6(15)16)1-2-12-5/h1-2,17H,(H,15,16). The Hall–Kier alpha value is -1.96. The Balaban J connectivity index is 2.84. The number of hydrogen-bond acceptors (Lipinski definition) is 4. The highest BCUT2D eigenvalue weighted by Crippen LogP contribution is 2.33. The fourth-order valence-corrected chi connectivity index (χ4v) is 1.47. The molecule has 0 bridgehead atoms. The van der Waals surface area contributed by atoms with Gasteiger partial charge in [0.2, 0.25) is 5.82 Å². The van der Waals surface area contributed by atoms with Crippen molar-refractivity contribution in [3.63, 3.8) is 0 Å². The molecule has 2 heterocycles. The molecule has 0 aliphatic carbocycles. The molecule has 17 heavy (non-hydrogen) atoms. The van der Waals surface area contributed by atoms with Gasteiger partial charge >= 0.3 is 11.4 Å². The second-order valence-electron chi connectivity index (χ2n) is 3.08. The van der Waals surface area contributed by atoms with Gasteiger partial charge in [0.1, 0.15) is 5.52 Å². The number of imidazole rings is 1. The van der Waals surface area contributed by atoms with Crippen LogP contribution in [0.4, 0.5) is 8.78 Å². The van der Waals surface area contributed by atoms with Crippen molar-refractivity contribution in [1.82, 2.24) is 14.7 Å². The summed E-state index contributed by atoms with van der Waals surface area (Å²) in [6.45, 7) is 0. The lowest BCUT2D eigenvalue weighted by Crippen LogP contribution is -2.12. The second-order valence-corrected chi connectivity index (χ2v) is 3.56. The van der Waals surface area contributed by atoms with E-state index in [9.17, 15) is 18.8 Å². The van der Waals surface area contributed by atoms with E-state index < -0.39 is 28.3 Å². The Labute approximate surface area is 97.0 Å². The van der Waals surface area contributed by atoms with E-state index in [0.29, 0.717) is 0 Å². The lowest BCUT2D eigenvalue weighted by Gasteiger charge is -2.05. The molecular weight excluding hydrogens is 260 g/mol. The summed E-state index contributed by atoms with van der Waals surface area (Å²) in [5.41, 5.74) is -1.17. The first kappa shape index (κ1) is 11.5. The third-order valence-corrected chi connectivity index (χ3v) is 2.18. The largest absolute Gasteiger partial charge is 0.478 e. The lowest BCUT2D eigenvalue weighted by molar-refractivity contribution is 0.0523. The van der Waals surface area contributed by atoms with Gasteiger partial charge in [-0.3, -0.25) is 0 Å². The van der Waals surface area contributed by atoms with Crippen LogP contribution in [0.2, 0.25) is 0 Å². The summed E-state index contributed by atoms with van der Waals surface area (Å²) in [5.74, 6) is -2.59. The number of rotatable bonds is 2. The van der Waals surface area contributed by atoms with Crippen molar-refractivity contribution in [3.8, 4) is 0 Å². The maximum atomic E-state index is 12.8. The molecule has 0 saturated carbocycles. The molecule has 0 atom stereocenters. The highest BCUT2D eigenvalue weighted by atomic mass is 35.5. The first-order chi connectivity index (χ1) is 7.82. The number of halogens is 3. The SMILES string of the molecule is O=C(O)c1ccnc2nc(C(F)(F)Cl)n(O)c12. The lowest BCUT2D eigenvalue weighted by atomic mass is 10.2. The average molecular weight is 264 g/mol. The Morgan fingerprint density at radius 2 is 2.18 bits per heavy atom. The molecule has 6 nitrogen and oxygen atoms in total. The summed E-state index contributed by atoms with van der Waals surface area (Å²) < 4.78 is 25.6. The smallest absolute Gasteiger partial charge is 0.383 e. The minimum Gasteiger partial charge on any atom is -0.478 e. The van der Waals surface area contributed by atoms with E-state index in [4.69, 9.17) is 16.7 Å². The summed E-state index contributed by atoms with van der Waals surface area (Å²) in [5, 5.41) is 14.3. The van der Waals surface area contributed by atoms with Crippen molar-refractivity contribution >= 4 is 28.7 Å². The van der Waals surface area contributed by atoms with Gasteiger partial charge in [-0.05, 0) is 17.7 Å². The van der Waals surface area contributed by atoms with Crippen molar-refractivity contribution in [2.45, 2.75) is 5.38 Å². The number of carbonyl (C=O) groups is 1. The molecule has 2 N–H and O–H groups in total. The molecule has 2 aromatic heterocycles. The molecule has 9 heteroatoms. The van der Waals surface area contributed by atoms with E-state index >= 15 is 0 Å². The Morgan fingerprint density at radius 1 is 1.53 bits per heavy atom. The zero-order valence-electron chi connectivity index (χ0n) is 7.93. The summed E-state index contributed by atoms with van der Waals surface area (Å²) in [7, 11) is 0. The van der Waals surface area contributed by atoms with E-state index in [1.54, 1.807) is 0 Å². The summed E-state index contributed by atoms with van der Waals surface area (Å²) in [6.07, 6.45) is 1.08. The molecule has 0 unspecified atom stereocenters. The van der Waals surface area contributed by atoms with Crippen molar-refractivity contribution in [3.05, 3.63) is 23.7 Å². The number of fused-ring (bicyclic) bond motifs is 1. The quantitative estimate of drug-likeness (QED) is 0.635. The number of nitrogens with zero attached hydrogens (tertiary/aromatic N) is 3. The van der Waals surface area contributed by atoms with Gasteiger partial charge in [0.15, 0.2) is 5.65 Å². The zero-order chi connectivity index (χ0) is 12.8. The fourth-order valence-electron chi connectivity index (χ4n) is 1.34. The van der Waals surface area contributed by atoms with Crippen LogP contribution in [0.5, 0.6) is 0 Å². The minimum absolute atomic E-state index is 0.0706. The second kappa shape index (κ2) is 3.52. The van der Waals surface area contributed by atoms with Crippen LogP contribution in [0.3, 0.4) is 0 Å². The fraction of sp³-hybridized carbons (Fsp3) is 0.125. The molecular formula is C8H4ClF2N3O3. The van der Waals surface area contributed by atoms with Crippen LogP contribution in [0.15, 0.2) is 12.3 Å². The van der Waals surface area contributed by atoms with E-state index in [1.165, 1.54) is 0 Å². The van der Waals surface area contributed by atoms with Gasteiger partial charge in [-0.15, -0.1) is 0 Å². The minimum atomic E-state index is -3.93. The van der Waals surface area contributed by atoms with Crippen molar-refractivity contribution in [1.29, 1.82) is 0 Å². The monoisotopic (exact) mass is 263 g/mol. The highest BCUT2D eigenvalue weighted by Gasteiger charge is 2.36. The molecule has 0 amide bonds. The third-order valence-electron chi connectivity index (χ3n) is 2.01. The summed E-state index contributed by atoms with van der Waals surface area (Å²) >= 11 is 4.72. The van der Waals surface area contributed by atoms with Crippen LogP contribution in [0.1, 0.15) is 16.2 Å². The average Bonchev–Trinajstić information content (AvgIpc) is 2.55. The van der Waals surface area contributed by atoms with Gasteiger partial charge in [0.05, 0.1) is 5.56 Å². The number of alkyl halides is 3. The van der Waals surface area contributed by atoms with E-state index in [0.717, 1.165) is 12.3 Å². The normalized spacial score (nSPS) is 11.9. The number of aromatic nitrogens is 3. The molecule has 0 aliphatic heterocycles. The van der Waals surface area contributed by atoms with Crippen molar-refractivity contribution in [2.24, 2.45) is 0 Å². The summed E-state index contributed by atoms with van der Waals surface area (Å²) in [6, 6.07) is 1.05. The van der Waals surface area contributed by atoms with Crippen LogP contribution >= 0.6 is 11.6 Å². The predicted molar refractivity (Wildman–Crippen MR) is 51.4 cm³/mol. The van der Waals surface area contributed by atoms with E-state index in [2.05, 4.69) is 9.97 Å². The van der Waals surface area contributed by atoms with Gasteiger partial charge in [0, 0.05) is 6.20 Å². The van der Waals surface area contributed by atoms with Crippen LogP contribution in [-0.2, 0) is 5.38 Å². The summed E-state index contributed by atoms with van der Waals surface area (Å²) in [4.78, 5) is 17.7. The van der Waals surface area contributed by atoms with Crippen LogP contribution < -0.4 is 0 Å². The number of hydrogen-bond donors (Lipinski definition) is 2. The molecule has 0 radical (unpaired) electrons. The third kappa shape index (κ3) is 1.76. The highest BCUT2D eigenvalue weighted by molar-refractivity contribution is 6.21. The number of carboxylic acid groups (broad SMARTS) is 1. The molecule has 90 valence electrons. The van der Waals surface area contributed by atoms with Crippen molar-refractivity contribution < 1.29 is 23.9 Å². The van der Waals surface area contributed by atoms with Gasteiger partial charge in [0.25, 0.3) is 0 Å². The van der Waals surface area contributed by atoms with Gasteiger partial charge in [-0.2, -0.15) is 13.5 Å². The van der Waals surface area contributed by atoms with Gasteiger partial charge in [-0.25, -0.2) is 14.8 Å². The number of pyridine rings is 1. The van der Waals surface area contributed by atoms with Gasteiger partial charge in [-0.1, -0.05) is 0 Å². The van der Waals surface area contributed by atoms with Crippen LogP contribution in [-0.4, -0.2) is 31.0 Å². The van der Waals surface area contributed by atoms with Gasteiger partial charge < -0.3 is 10.3 Å². The molecule has 0 spiro atoms. The Morgan fingerprint density at radius 3 is 2.71 bits per heavy atom. The van der Waals surface area contributed by atoms with Crippen molar-refractivity contribution in [2.75, 3.05) is 0 Å². The molecule has 0 aromatic carbocycles. The number of carboxylic acids is 1. The number of aromatic carboxylic acids is 1. The van der Waals surface area contributed by atoms with E-state index in [1.807, 2.05) is 0 Å². The molecule has 2 rings (SSSR count). The van der Waals surface area contributed by atoms with Crippen LogP contribution in [0.25, 0.3) is 11.2 Å². The maximum absolute atomic E-state index is 12.8. The molecule has 0 fully saturated rings. The predicted octanol–water partition coefficient (Wildman–Crippen LogP) is 1.65. The maximum Gasteiger partial charge on any atom is 0.383 e. The van der Waals surface area contributed by atoms with E-state index in [-0.39, 0.29) is 10.4 Å². The topological polar surface area (TPSA) is 88.2 Å². The first-order valence-corrected chi connectivity index (χ1v) is 4.57. The molecule has 0 saturated heterocycles. The zero-order valence-corrected chi connectivity index (χ0v) is 8.69.